The van der Waals surface area contributed by atoms with Crippen molar-refractivity contribution in [2.45, 2.75) is 0 Å². The first-order valence-corrected chi connectivity index (χ1v) is 7.71. The van der Waals surface area contributed by atoms with Crippen LogP contribution in [0.5, 0.6) is 0 Å². The van der Waals surface area contributed by atoms with Gasteiger partial charge in [0.25, 0.3) is 5.91 Å². The van der Waals surface area contributed by atoms with Gasteiger partial charge < -0.3 is 9.15 Å². The molecule has 3 rings (SSSR count). The van der Waals surface area contributed by atoms with Crippen molar-refractivity contribution in [2.75, 3.05) is 11.9 Å². The summed E-state index contributed by atoms with van der Waals surface area (Å²) in [4.78, 5) is 23.6. The Morgan fingerprint density at radius 3 is 2.65 bits per heavy atom. The van der Waals surface area contributed by atoms with Gasteiger partial charge in [-0.2, -0.15) is 0 Å². The van der Waals surface area contributed by atoms with Crippen LogP contribution in [0.15, 0.2) is 52.9 Å². The van der Waals surface area contributed by atoms with Crippen molar-refractivity contribution >= 4 is 29.5 Å². The number of hydrogen-bond acceptors (Lipinski definition) is 6. The van der Waals surface area contributed by atoms with Crippen molar-refractivity contribution in [3.05, 3.63) is 64.9 Å². The van der Waals surface area contributed by atoms with Gasteiger partial charge in [-0.05, 0) is 30.3 Å². The molecule has 1 heterocycles. The lowest BCUT2D eigenvalue weighted by Crippen LogP contribution is -2.21. The number of aromatic nitrogens is 2. The summed E-state index contributed by atoms with van der Waals surface area (Å²) in [6.07, 6.45) is 0. The molecular weight excluding hydrogens is 365 g/mol. The molecule has 1 N–H and O–H groups in total. The Kier molecular flexibility index (Phi) is 5.23. The van der Waals surface area contributed by atoms with E-state index >= 15 is 0 Å². The molecule has 2 aromatic carbocycles. The summed E-state index contributed by atoms with van der Waals surface area (Å²) < 4.78 is 23.7. The van der Waals surface area contributed by atoms with Crippen molar-refractivity contribution in [2.24, 2.45) is 0 Å². The molecule has 0 aliphatic heterocycles. The van der Waals surface area contributed by atoms with Gasteiger partial charge in [-0.25, -0.2) is 9.18 Å². The van der Waals surface area contributed by atoms with Gasteiger partial charge in [-0.1, -0.05) is 34.9 Å². The fraction of sp³-hybridized carbons (Fsp3) is 0.0588. The minimum absolute atomic E-state index is 0.141. The van der Waals surface area contributed by atoms with Crippen LogP contribution in [0.2, 0.25) is 5.02 Å². The largest absolute Gasteiger partial charge is 0.452 e. The minimum Gasteiger partial charge on any atom is -0.452 e. The van der Waals surface area contributed by atoms with Crippen molar-refractivity contribution in [1.82, 2.24) is 10.2 Å². The van der Waals surface area contributed by atoms with Gasteiger partial charge in [-0.3, -0.25) is 10.1 Å². The SMILES string of the molecule is O=C(COC(=O)c1ccc(Cl)cc1F)Nc1nnc(-c2ccccc2)o1. The van der Waals surface area contributed by atoms with Crippen molar-refractivity contribution in [1.29, 1.82) is 0 Å². The van der Waals surface area contributed by atoms with E-state index in [2.05, 4.69) is 15.5 Å². The molecule has 0 atom stereocenters. The second-order valence-electron chi connectivity index (χ2n) is 5.03. The average molecular weight is 376 g/mol. The summed E-state index contributed by atoms with van der Waals surface area (Å²) in [5, 5.41) is 9.91. The van der Waals surface area contributed by atoms with E-state index in [1.54, 1.807) is 24.3 Å². The van der Waals surface area contributed by atoms with Crippen LogP contribution in [0.25, 0.3) is 11.5 Å². The molecule has 26 heavy (non-hydrogen) atoms. The normalized spacial score (nSPS) is 10.4. The van der Waals surface area contributed by atoms with E-state index in [1.807, 2.05) is 6.07 Å². The highest BCUT2D eigenvalue weighted by Crippen LogP contribution is 2.19. The topological polar surface area (TPSA) is 94.3 Å². The van der Waals surface area contributed by atoms with Crippen LogP contribution in [-0.4, -0.2) is 28.7 Å². The van der Waals surface area contributed by atoms with Gasteiger partial charge in [-0.15, -0.1) is 5.10 Å². The maximum absolute atomic E-state index is 13.6. The molecule has 0 aliphatic carbocycles. The smallest absolute Gasteiger partial charge is 0.341 e. The van der Waals surface area contributed by atoms with Crippen LogP contribution in [0.1, 0.15) is 10.4 Å². The standard InChI is InChI=1S/C17H11ClFN3O4/c18-11-6-7-12(13(19)8-11)16(24)25-9-14(23)20-17-22-21-15(26-17)10-4-2-1-3-5-10/h1-8H,9H2,(H,20,22,23). The first kappa shape index (κ1) is 17.6. The minimum atomic E-state index is -0.996. The number of nitrogens with zero attached hydrogens (tertiary/aromatic N) is 2. The van der Waals surface area contributed by atoms with Crippen LogP contribution >= 0.6 is 11.6 Å². The summed E-state index contributed by atoms with van der Waals surface area (Å²) in [7, 11) is 0. The number of rotatable bonds is 5. The molecular formula is C17H11ClFN3O4. The molecule has 0 fully saturated rings. The number of esters is 1. The predicted octanol–water partition coefficient (Wildman–Crippen LogP) is 3.32. The van der Waals surface area contributed by atoms with Crippen LogP contribution in [0.3, 0.4) is 0 Å². The highest BCUT2D eigenvalue weighted by molar-refractivity contribution is 6.30. The molecule has 3 aromatic rings. The zero-order valence-electron chi connectivity index (χ0n) is 13.1. The van der Waals surface area contributed by atoms with Crippen molar-refractivity contribution in [3.63, 3.8) is 0 Å². The van der Waals surface area contributed by atoms with Crippen LogP contribution in [0.4, 0.5) is 10.4 Å². The van der Waals surface area contributed by atoms with Gasteiger partial charge in [0, 0.05) is 10.6 Å². The Balaban J connectivity index is 1.56. The van der Waals surface area contributed by atoms with E-state index in [0.717, 1.165) is 6.07 Å². The molecule has 1 amide bonds. The molecule has 7 nitrogen and oxygen atoms in total. The number of nitrogens with one attached hydrogen (secondary N) is 1. The van der Waals surface area contributed by atoms with E-state index in [1.165, 1.54) is 12.1 Å². The van der Waals surface area contributed by atoms with Crippen molar-refractivity contribution in [3.8, 4) is 11.5 Å². The fourth-order valence-electron chi connectivity index (χ4n) is 1.99. The summed E-state index contributed by atoms with van der Waals surface area (Å²) in [6, 6.07) is 12.3. The Bertz CT molecular complexity index is 946. The molecule has 0 radical (unpaired) electrons. The van der Waals surface area contributed by atoms with Gasteiger partial charge in [0.2, 0.25) is 5.89 Å². The predicted molar refractivity (Wildman–Crippen MR) is 90.1 cm³/mol. The van der Waals surface area contributed by atoms with Gasteiger partial charge >= 0.3 is 12.0 Å². The summed E-state index contributed by atoms with van der Waals surface area (Å²) >= 11 is 5.61. The molecule has 0 saturated heterocycles. The monoisotopic (exact) mass is 375 g/mol. The quantitative estimate of drug-likeness (QED) is 0.687. The summed E-state index contributed by atoms with van der Waals surface area (Å²) in [5.74, 6) is -2.32. The maximum Gasteiger partial charge on any atom is 0.341 e. The third-order valence-electron chi connectivity index (χ3n) is 3.18. The van der Waals surface area contributed by atoms with E-state index in [0.29, 0.717) is 5.56 Å². The third-order valence-corrected chi connectivity index (χ3v) is 3.41. The van der Waals surface area contributed by atoms with Gasteiger partial charge in [0.1, 0.15) is 5.82 Å². The Morgan fingerprint density at radius 1 is 1.15 bits per heavy atom. The maximum atomic E-state index is 13.6. The molecule has 132 valence electrons. The lowest BCUT2D eigenvalue weighted by atomic mass is 10.2. The lowest BCUT2D eigenvalue weighted by molar-refractivity contribution is -0.119. The van der Waals surface area contributed by atoms with E-state index in [9.17, 15) is 14.0 Å². The fourth-order valence-corrected chi connectivity index (χ4v) is 2.15. The van der Waals surface area contributed by atoms with Crippen LogP contribution < -0.4 is 5.32 Å². The lowest BCUT2D eigenvalue weighted by Gasteiger charge is -2.05. The third kappa shape index (κ3) is 4.22. The molecule has 0 saturated carbocycles. The average Bonchev–Trinajstić information content (AvgIpc) is 3.09. The molecule has 0 spiro atoms. The van der Waals surface area contributed by atoms with Gasteiger partial charge in [0.05, 0.1) is 5.56 Å². The number of ether oxygens (including phenoxy) is 1. The molecule has 9 heteroatoms. The number of amides is 1. The molecule has 0 unspecified atom stereocenters. The Morgan fingerprint density at radius 2 is 1.92 bits per heavy atom. The molecule has 0 aliphatic rings. The number of hydrogen-bond donors (Lipinski definition) is 1. The zero-order chi connectivity index (χ0) is 18.5. The van der Waals surface area contributed by atoms with Crippen LogP contribution in [0, 0.1) is 5.82 Å². The number of halogens is 2. The summed E-state index contributed by atoms with van der Waals surface area (Å²) in [5.41, 5.74) is 0.358. The number of anilines is 1. The Hall–Kier alpha value is -3.26. The van der Waals surface area contributed by atoms with E-state index in [-0.39, 0.29) is 22.5 Å². The second kappa shape index (κ2) is 7.75. The van der Waals surface area contributed by atoms with E-state index in [4.69, 9.17) is 20.8 Å². The zero-order valence-corrected chi connectivity index (χ0v) is 13.9. The van der Waals surface area contributed by atoms with E-state index < -0.39 is 24.3 Å². The van der Waals surface area contributed by atoms with Crippen molar-refractivity contribution < 1.29 is 23.1 Å². The first-order valence-electron chi connectivity index (χ1n) is 7.34. The summed E-state index contributed by atoms with van der Waals surface area (Å²) in [6.45, 7) is -0.649. The highest BCUT2D eigenvalue weighted by atomic mass is 35.5. The first-order chi connectivity index (χ1) is 12.5. The number of carbonyl (C=O) groups excluding carboxylic acids is 2. The second-order valence-corrected chi connectivity index (χ2v) is 5.46. The Labute approximate surface area is 151 Å². The van der Waals surface area contributed by atoms with Gasteiger partial charge in [0.15, 0.2) is 6.61 Å². The number of benzene rings is 2. The van der Waals surface area contributed by atoms with Crippen LogP contribution in [-0.2, 0) is 9.53 Å². The highest BCUT2D eigenvalue weighted by Gasteiger charge is 2.16. The molecule has 0 bridgehead atoms. The molecule has 1 aromatic heterocycles. The number of carbonyl (C=O) groups is 2.